The molecular formula is C15H21F2NS. The van der Waals surface area contributed by atoms with Gasteiger partial charge < -0.3 is 5.32 Å². The lowest BCUT2D eigenvalue weighted by Gasteiger charge is -2.27. The standard InChI is InChI=1S/C15H21F2NS/c1-10-3-4-12(16)14(15(10)17)13(18-2)9-11-5-7-19-8-6-11/h3-4,11,13,18H,5-9H2,1-2H3. The van der Waals surface area contributed by atoms with Crippen molar-refractivity contribution < 1.29 is 8.78 Å². The summed E-state index contributed by atoms with van der Waals surface area (Å²) < 4.78 is 28.1. The van der Waals surface area contributed by atoms with Gasteiger partial charge in [0.1, 0.15) is 11.6 Å². The molecule has 1 aromatic carbocycles. The van der Waals surface area contributed by atoms with Crippen LogP contribution in [0.3, 0.4) is 0 Å². The number of halogens is 2. The molecule has 0 bridgehead atoms. The summed E-state index contributed by atoms with van der Waals surface area (Å²) in [4.78, 5) is 0. The van der Waals surface area contributed by atoms with Gasteiger partial charge in [0.05, 0.1) is 0 Å². The molecular weight excluding hydrogens is 264 g/mol. The summed E-state index contributed by atoms with van der Waals surface area (Å²) in [7, 11) is 1.78. The zero-order chi connectivity index (χ0) is 13.8. The van der Waals surface area contributed by atoms with Crippen LogP contribution in [0, 0.1) is 24.5 Å². The molecule has 1 fully saturated rings. The summed E-state index contributed by atoms with van der Waals surface area (Å²) in [5.74, 6) is 2.06. The van der Waals surface area contributed by atoms with Gasteiger partial charge in [-0.2, -0.15) is 11.8 Å². The highest BCUT2D eigenvalue weighted by molar-refractivity contribution is 7.99. The second-order valence-electron chi connectivity index (χ2n) is 5.22. The highest BCUT2D eigenvalue weighted by Gasteiger charge is 2.24. The van der Waals surface area contributed by atoms with Crippen LogP contribution in [-0.2, 0) is 0 Å². The van der Waals surface area contributed by atoms with E-state index in [0.29, 0.717) is 11.5 Å². The van der Waals surface area contributed by atoms with Crippen molar-refractivity contribution in [2.75, 3.05) is 18.6 Å². The first-order valence-corrected chi connectivity index (χ1v) is 7.98. The Balaban J connectivity index is 2.19. The van der Waals surface area contributed by atoms with Gasteiger partial charge in [0, 0.05) is 11.6 Å². The third-order valence-electron chi connectivity index (χ3n) is 3.93. The quantitative estimate of drug-likeness (QED) is 0.895. The van der Waals surface area contributed by atoms with Crippen molar-refractivity contribution >= 4 is 11.8 Å². The van der Waals surface area contributed by atoms with Gasteiger partial charge in [-0.15, -0.1) is 0 Å². The Kier molecular flexibility index (Phi) is 5.22. The molecule has 0 saturated carbocycles. The molecule has 19 heavy (non-hydrogen) atoms. The minimum Gasteiger partial charge on any atom is -0.313 e. The van der Waals surface area contributed by atoms with Gasteiger partial charge in [-0.1, -0.05) is 6.07 Å². The average molecular weight is 285 g/mol. The molecule has 1 saturated heterocycles. The maximum Gasteiger partial charge on any atom is 0.133 e. The molecule has 0 spiro atoms. The maximum absolute atomic E-state index is 14.2. The molecule has 1 N–H and O–H groups in total. The fraction of sp³-hybridized carbons (Fsp3) is 0.600. The molecule has 1 aromatic rings. The van der Waals surface area contributed by atoms with Crippen molar-refractivity contribution in [3.8, 4) is 0 Å². The first kappa shape index (κ1) is 14.8. The minimum atomic E-state index is -0.437. The Morgan fingerprint density at radius 2 is 2.00 bits per heavy atom. The molecule has 0 amide bonds. The molecule has 4 heteroatoms. The van der Waals surface area contributed by atoms with E-state index < -0.39 is 11.6 Å². The summed E-state index contributed by atoms with van der Waals surface area (Å²) in [6, 6.07) is 2.64. The monoisotopic (exact) mass is 285 g/mol. The van der Waals surface area contributed by atoms with E-state index in [9.17, 15) is 8.78 Å². The molecule has 1 nitrogen and oxygen atoms in total. The van der Waals surface area contributed by atoms with Crippen LogP contribution in [0.1, 0.15) is 36.4 Å². The summed E-state index contributed by atoms with van der Waals surface area (Å²) in [5, 5.41) is 3.09. The van der Waals surface area contributed by atoms with Gasteiger partial charge >= 0.3 is 0 Å². The van der Waals surface area contributed by atoms with Crippen molar-refractivity contribution in [2.45, 2.75) is 32.2 Å². The Morgan fingerprint density at radius 3 is 2.63 bits per heavy atom. The molecule has 1 heterocycles. The van der Waals surface area contributed by atoms with E-state index in [4.69, 9.17) is 0 Å². The van der Waals surface area contributed by atoms with Gasteiger partial charge in [0.15, 0.2) is 0 Å². The molecule has 1 atom stereocenters. The first-order valence-electron chi connectivity index (χ1n) is 6.83. The molecule has 1 aliphatic heterocycles. The Bertz CT molecular complexity index is 430. The van der Waals surface area contributed by atoms with E-state index in [1.54, 1.807) is 14.0 Å². The summed E-state index contributed by atoms with van der Waals surface area (Å²) in [6.45, 7) is 1.68. The molecule has 2 rings (SSSR count). The zero-order valence-electron chi connectivity index (χ0n) is 11.5. The lowest BCUT2D eigenvalue weighted by atomic mass is 9.89. The van der Waals surface area contributed by atoms with Crippen LogP contribution in [0.2, 0.25) is 0 Å². The lowest BCUT2D eigenvalue weighted by Crippen LogP contribution is -2.24. The summed E-state index contributed by atoms with van der Waals surface area (Å²) >= 11 is 1.97. The number of benzene rings is 1. The Hall–Kier alpha value is -0.610. The highest BCUT2D eigenvalue weighted by atomic mass is 32.2. The lowest BCUT2D eigenvalue weighted by molar-refractivity contribution is 0.367. The Morgan fingerprint density at radius 1 is 1.32 bits per heavy atom. The van der Waals surface area contributed by atoms with E-state index in [1.165, 1.54) is 23.6 Å². The normalized spacial score (nSPS) is 18.5. The smallest absolute Gasteiger partial charge is 0.133 e. The van der Waals surface area contributed by atoms with Crippen LogP contribution < -0.4 is 5.32 Å². The van der Waals surface area contributed by atoms with Crippen molar-refractivity contribution in [3.05, 3.63) is 34.9 Å². The third kappa shape index (κ3) is 3.48. The summed E-state index contributed by atoms with van der Waals surface area (Å²) in [5.41, 5.74) is 0.719. The number of aryl methyl sites for hydroxylation is 1. The molecule has 1 aliphatic rings. The molecule has 1 unspecified atom stereocenters. The van der Waals surface area contributed by atoms with Crippen LogP contribution in [0.25, 0.3) is 0 Å². The topological polar surface area (TPSA) is 12.0 Å². The van der Waals surface area contributed by atoms with Gasteiger partial charge in [-0.05, 0) is 62.3 Å². The van der Waals surface area contributed by atoms with Crippen molar-refractivity contribution in [2.24, 2.45) is 5.92 Å². The number of rotatable bonds is 4. The van der Waals surface area contributed by atoms with E-state index in [1.807, 2.05) is 11.8 Å². The van der Waals surface area contributed by atoms with E-state index in [-0.39, 0.29) is 11.6 Å². The SMILES string of the molecule is CNC(CC1CCSCC1)c1c(F)ccc(C)c1F. The van der Waals surface area contributed by atoms with Crippen molar-refractivity contribution in [3.63, 3.8) is 0 Å². The van der Waals surface area contributed by atoms with Gasteiger partial charge in [-0.25, -0.2) is 8.78 Å². The predicted molar refractivity (Wildman–Crippen MR) is 77.6 cm³/mol. The van der Waals surface area contributed by atoms with Crippen LogP contribution in [0.5, 0.6) is 0 Å². The second kappa shape index (κ2) is 6.71. The molecule has 106 valence electrons. The number of thioether (sulfide) groups is 1. The fourth-order valence-electron chi connectivity index (χ4n) is 2.69. The third-order valence-corrected chi connectivity index (χ3v) is 4.98. The second-order valence-corrected chi connectivity index (χ2v) is 6.45. The van der Waals surface area contributed by atoms with Crippen LogP contribution in [0.4, 0.5) is 8.78 Å². The van der Waals surface area contributed by atoms with E-state index in [2.05, 4.69) is 5.32 Å². The zero-order valence-corrected chi connectivity index (χ0v) is 12.3. The molecule has 0 aromatic heterocycles. The van der Waals surface area contributed by atoms with Crippen LogP contribution in [-0.4, -0.2) is 18.6 Å². The molecule has 0 radical (unpaired) electrons. The number of hydrogen-bond donors (Lipinski definition) is 1. The van der Waals surface area contributed by atoms with E-state index >= 15 is 0 Å². The van der Waals surface area contributed by atoms with Crippen molar-refractivity contribution in [1.29, 1.82) is 0 Å². The average Bonchev–Trinajstić information content (AvgIpc) is 2.43. The predicted octanol–water partition coefficient (Wildman–Crippen LogP) is 4.07. The van der Waals surface area contributed by atoms with Gasteiger partial charge in [0.2, 0.25) is 0 Å². The maximum atomic E-state index is 14.2. The van der Waals surface area contributed by atoms with Crippen LogP contribution >= 0.6 is 11.8 Å². The highest BCUT2D eigenvalue weighted by Crippen LogP contribution is 2.33. The van der Waals surface area contributed by atoms with E-state index in [0.717, 1.165) is 19.3 Å². The minimum absolute atomic E-state index is 0.209. The summed E-state index contributed by atoms with van der Waals surface area (Å²) in [6.07, 6.45) is 3.12. The van der Waals surface area contributed by atoms with Gasteiger partial charge in [-0.3, -0.25) is 0 Å². The number of nitrogens with one attached hydrogen (secondary N) is 1. The molecule has 0 aliphatic carbocycles. The van der Waals surface area contributed by atoms with Crippen LogP contribution in [0.15, 0.2) is 12.1 Å². The van der Waals surface area contributed by atoms with Crippen molar-refractivity contribution in [1.82, 2.24) is 5.32 Å². The fourth-order valence-corrected chi connectivity index (χ4v) is 3.90. The first-order chi connectivity index (χ1) is 9.13. The Labute approximate surface area is 118 Å². The largest absolute Gasteiger partial charge is 0.313 e. The van der Waals surface area contributed by atoms with Gasteiger partial charge in [0.25, 0.3) is 0 Å². The number of hydrogen-bond acceptors (Lipinski definition) is 2.